The van der Waals surface area contributed by atoms with Crippen molar-refractivity contribution in [2.24, 2.45) is 17.3 Å². The third-order valence-corrected chi connectivity index (χ3v) is 5.45. The first-order valence-corrected chi connectivity index (χ1v) is 10.1. The molecule has 2 atom stereocenters. The molecule has 7 heteroatoms. The van der Waals surface area contributed by atoms with Crippen molar-refractivity contribution in [2.45, 2.75) is 46.2 Å². The lowest BCUT2D eigenvalue weighted by Crippen LogP contribution is -2.46. The molecular weight excluding hydrogens is 391 g/mol. The van der Waals surface area contributed by atoms with Gasteiger partial charge in [-0.05, 0) is 42.0 Å². The minimum absolute atomic E-state index is 0.00151. The van der Waals surface area contributed by atoms with Crippen molar-refractivity contribution < 1.29 is 18.0 Å². The van der Waals surface area contributed by atoms with E-state index in [1.165, 1.54) is 0 Å². The first kappa shape index (κ1) is 22.1. The molecule has 1 aromatic carbocycles. The van der Waals surface area contributed by atoms with E-state index in [9.17, 15) is 23.2 Å². The van der Waals surface area contributed by atoms with Crippen molar-refractivity contribution in [1.29, 1.82) is 5.26 Å². The number of alkyl halides is 3. The highest BCUT2D eigenvalue weighted by Crippen LogP contribution is 2.40. The minimum atomic E-state index is -4.33. The molecule has 2 aromatic rings. The molecule has 160 valence electrons. The molecule has 0 radical (unpaired) electrons. The number of carbonyl (C=O) groups is 1. The zero-order valence-corrected chi connectivity index (χ0v) is 17.5. The number of pyridine rings is 1. The lowest BCUT2D eigenvalue weighted by molar-refractivity contribution is -0.179. The smallest absolute Gasteiger partial charge is 0.370 e. The fourth-order valence-electron chi connectivity index (χ4n) is 4.29. The largest absolute Gasteiger partial charge is 0.393 e. The van der Waals surface area contributed by atoms with E-state index in [4.69, 9.17) is 0 Å². The molecule has 2 unspecified atom stereocenters. The highest BCUT2D eigenvalue weighted by atomic mass is 19.4. The minimum Gasteiger partial charge on any atom is -0.370 e. The van der Waals surface area contributed by atoms with Gasteiger partial charge in [0, 0.05) is 43.2 Å². The van der Waals surface area contributed by atoms with Gasteiger partial charge in [0.25, 0.3) is 0 Å². The van der Waals surface area contributed by atoms with Crippen molar-refractivity contribution >= 4 is 22.4 Å². The van der Waals surface area contributed by atoms with Crippen LogP contribution in [0.3, 0.4) is 0 Å². The van der Waals surface area contributed by atoms with Gasteiger partial charge in [0.05, 0.1) is 17.0 Å². The van der Waals surface area contributed by atoms with Crippen LogP contribution in [0.25, 0.3) is 10.9 Å². The number of nitriles is 1. The van der Waals surface area contributed by atoms with Gasteiger partial charge in [0.15, 0.2) is 0 Å². The number of aromatic nitrogens is 1. The third-order valence-electron chi connectivity index (χ3n) is 5.45. The van der Waals surface area contributed by atoms with Gasteiger partial charge < -0.3 is 4.90 Å². The number of hydrogen-bond acceptors (Lipinski definition) is 4. The Morgan fingerprint density at radius 3 is 2.60 bits per heavy atom. The molecule has 1 aliphatic heterocycles. The summed E-state index contributed by atoms with van der Waals surface area (Å²) in [5.74, 6) is -1.87. The van der Waals surface area contributed by atoms with Gasteiger partial charge in [0.1, 0.15) is 11.9 Å². The molecule has 1 aromatic heterocycles. The van der Waals surface area contributed by atoms with Crippen LogP contribution in [0.15, 0.2) is 30.5 Å². The summed E-state index contributed by atoms with van der Waals surface area (Å²) in [6.07, 6.45) is -2.31. The highest BCUT2D eigenvalue weighted by Gasteiger charge is 2.45. The van der Waals surface area contributed by atoms with Crippen molar-refractivity contribution in [1.82, 2.24) is 4.98 Å². The number of Topliss-reactive ketones (excluding diaryl/α,β-unsaturated/α-hetero) is 1. The van der Waals surface area contributed by atoms with Crippen LogP contribution in [-0.4, -0.2) is 30.0 Å². The molecule has 1 fully saturated rings. The summed E-state index contributed by atoms with van der Waals surface area (Å²) in [7, 11) is 0. The van der Waals surface area contributed by atoms with Crippen LogP contribution in [0, 0.1) is 28.6 Å². The zero-order valence-electron chi connectivity index (χ0n) is 17.5. The van der Waals surface area contributed by atoms with E-state index in [1.54, 1.807) is 35.4 Å². The topological polar surface area (TPSA) is 57.0 Å². The maximum absolute atomic E-state index is 13.7. The number of fused-ring (bicyclic) bond motifs is 1. The maximum atomic E-state index is 13.7. The molecular formula is C23H26F3N3O. The average molecular weight is 417 g/mol. The first-order chi connectivity index (χ1) is 14.0. The molecule has 3 rings (SSSR count). The second-order valence-corrected chi connectivity index (χ2v) is 9.37. The van der Waals surface area contributed by atoms with Crippen molar-refractivity contribution in [3.05, 3.63) is 36.0 Å². The summed E-state index contributed by atoms with van der Waals surface area (Å²) >= 11 is 0. The van der Waals surface area contributed by atoms with E-state index < -0.39 is 12.1 Å². The van der Waals surface area contributed by atoms with Crippen LogP contribution in [0.2, 0.25) is 0 Å². The molecule has 30 heavy (non-hydrogen) atoms. The molecule has 4 nitrogen and oxygen atoms in total. The standard InChI is InChI=1S/C23H26F3N3O/c1-22(2,3)11-18(30)10-15-9-17(23(24,25)26)14-29(13-15)20-7-6-16(12-27)21-19(20)5-4-8-28-21/h4-8,15,17H,9-11,13-14H2,1-3H3. The lowest BCUT2D eigenvalue weighted by Gasteiger charge is -2.40. The fourth-order valence-corrected chi connectivity index (χ4v) is 4.29. The molecule has 0 bridgehead atoms. The molecule has 1 aliphatic rings. The number of ketones is 1. The van der Waals surface area contributed by atoms with Crippen LogP contribution in [-0.2, 0) is 4.79 Å². The van der Waals surface area contributed by atoms with E-state index in [1.807, 2.05) is 20.8 Å². The SMILES string of the molecule is CC(C)(C)CC(=O)CC1CC(C(F)(F)F)CN(c2ccc(C#N)c3ncccc23)C1. The fraction of sp³-hybridized carbons (Fsp3) is 0.522. The average Bonchev–Trinajstić information content (AvgIpc) is 2.64. The van der Waals surface area contributed by atoms with E-state index >= 15 is 0 Å². The Balaban J connectivity index is 1.93. The van der Waals surface area contributed by atoms with Crippen LogP contribution < -0.4 is 4.90 Å². The van der Waals surface area contributed by atoms with Gasteiger partial charge in [-0.15, -0.1) is 0 Å². The first-order valence-electron chi connectivity index (χ1n) is 10.1. The zero-order chi connectivity index (χ0) is 22.1. The quantitative estimate of drug-likeness (QED) is 0.659. The molecule has 0 saturated carbocycles. The Morgan fingerprint density at radius 2 is 1.97 bits per heavy atom. The van der Waals surface area contributed by atoms with Crippen LogP contribution in [0.1, 0.15) is 45.6 Å². The van der Waals surface area contributed by atoms with Gasteiger partial charge in [-0.25, -0.2) is 0 Å². The van der Waals surface area contributed by atoms with Crippen LogP contribution in [0.4, 0.5) is 18.9 Å². The Morgan fingerprint density at radius 1 is 1.23 bits per heavy atom. The molecule has 0 aliphatic carbocycles. The third kappa shape index (κ3) is 5.10. The van der Waals surface area contributed by atoms with Crippen molar-refractivity contribution in [2.75, 3.05) is 18.0 Å². The number of hydrogen-bond donors (Lipinski definition) is 0. The number of rotatable bonds is 4. The van der Waals surface area contributed by atoms with E-state index in [0.717, 1.165) is 0 Å². The monoisotopic (exact) mass is 417 g/mol. The molecule has 2 heterocycles. The number of benzene rings is 1. The second-order valence-electron chi connectivity index (χ2n) is 9.37. The number of anilines is 1. The summed E-state index contributed by atoms with van der Waals surface area (Å²) in [6, 6.07) is 8.86. The predicted molar refractivity (Wildman–Crippen MR) is 110 cm³/mol. The maximum Gasteiger partial charge on any atom is 0.393 e. The summed E-state index contributed by atoms with van der Waals surface area (Å²) in [5, 5.41) is 9.98. The van der Waals surface area contributed by atoms with E-state index in [2.05, 4.69) is 11.1 Å². The Bertz CT molecular complexity index is 972. The highest BCUT2D eigenvalue weighted by molar-refractivity contribution is 5.95. The van der Waals surface area contributed by atoms with Gasteiger partial charge in [-0.1, -0.05) is 20.8 Å². The van der Waals surface area contributed by atoms with Gasteiger partial charge in [-0.3, -0.25) is 9.78 Å². The summed E-state index contributed by atoms with van der Waals surface area (Å²) in [4.78, 5) is 18.4. The summed E-state index contributed by atoms with van der Waals surface area (Å²) in [6.45, 7) is 6.06. The van der Waals surface area contributed by atoms with Crippen LogP contribution >= 0.6 is 0 Å². The molecule has 0 N–H and O–H groups in total. The lowest BCUT2D eigenvalue weighted by atomic mass is 9.82. The molecule has 0 spiro atoms. The number of piperidine rings is 1. The number of nitrogens with zero attached hydrogens (tertiary/aromatic N) is 3. The second kappa shape index (κ2) is 8.25. The number of halogens is 3. The van der Waals surface area contributed by atoms with Gasteiger partial charge >= 0.3 is 6.18 Å². The van der Waals surface area contributed by atoms with Crippen molar-refractivity contribution in [3.8, 4) is 6.07 Å². The Kier molecular flexibility index (Phi) is 6.07. The normalized spacial score (nSPS) is 20.2. The van der Waals surface area contributed by atoms with Gasteiger partial charge in [-0.2, -0.15) is 18.4 Å². The summed E-state index contributed by atoms with van der Waals surface area (Å²) < 4.78 is 41.0. The number of carbonyl (C=O) groups excluding carboxylic acids is 1. The molecule has 1 saturated heterocycles. The molecule has 0 amide bonds. The van der Waals surface area contributed by atoms with Crippen molar-refractivity contribution in [3.63, 3.8) is 0 Å². The summed E-state index contributed by atoms with van der Waals surface area (Å²) in [5.41, 5.74) is 1.30. The van der Waals surface area contributed by atoms with E-state index in [0.29, 0.717) is 35.1 Å². The van der Waals surface area contributed by atoms with Gasteiger partial charge in [0.2, 0.25) is 0 Å². The van der Waals surface area contributed by atoms with Crippen LogP contribution in [0.5, 0.6) is 0 Å². The predicted octanol–water partition coefficient (Wildman–Crippen LogP) is 5.51. The Hall–Kier alpha value is -2.62. The Labute approximate surface area is 174 Å². The van der Waals surface area contributed by atoms with E-state index in [-0.39, 0.29) is 36.5 Å².